The van der Waals surface area contributed by atoms with Crippen molar-refractivity contribution in [3.8, 4) is 0 Å². The van der Waals surface area contributed by atoms with Crippen LogP contribution < -0.4 is 10.6 Å². The molecule has 2 unspecified atom stereocenters. The molecular weight excluding hydrogens is 304 g/mol. The molecule has 1 aromatic rings. The number of carboxylic acids is 1. The third kappa shape index (κ3) is 3.09. The van der Waals surface area contributed by atoms with Crippen molar-refractivity contribution in [2.24, 2.45) is 0 Å². The fraction of sp³-hybridized carbons (Fsp3) is 0.400. The Kier molecular flexibility index (Phi) is 4.46. The Morgan fingerprint density at radius 3 is 2.73 bits per heavy atom. The van der Waals surface area contributed by atoms with E-state index in [0.29, 0.717) is 11.3 Å². The van der Waals surface area contributed by atoms with E-state index in [9.17, 15) is 19.5 Å². The molecule has 2 amide bonds. The number of carbonyl (C=O) groups is 3. The maximum absolute atomic E-state index is 12.3. The zero-order valence-corrected chi connectivity index (χ0v) is 13.4. The van der Waals surface area contributed by atoms with Crippen LogP contribution in [0.2, 0.25) is 0 Å². The zero-order chi connectivity index (χ0) is 16.5. The number of rotatable bonds is 4. The Morgan fingerprint density at radius 2 is 2.14 bits per heavy atom. The van der Waals surface area contributed by atoms with Crippen LogP contribution in [0.4, 0.5) is 5.69 Å². The summed E-state index contributed by atoms with van der Waals surface area (Å²) in [7, 11) is 0. The number of hydrogen-bond donors (Lipinski definition) is 3. The SMILES string of the molecule is CCC(C)(NC(=O)c1ccc2c(c1)NC(=O)C(C)S2)C(=O)O. The summed E-state index contributed by atoms with van der Waals surface area (Å²) in [4.78, 5) is 36.1. The van der Waals surface area contributed by atoms with Crippen LogP contribution in [0.5, 0.6) is 0 Å². The van der Waals surface area contributed by atoms with Crippen LogP contribution in [0.15, 0.2) is 23.1 Å². The monoisotopic (exact) mass is 322 g/mol. The number of anilines is 1. The lowest BCUT2D eigenvalue weighted by Crippen LogP contribution is -2.51. The van der Waals surface area contributed by atoms with E-state index in [2.05, 4.69) is 10.6 Å². The summed E-state index contributed by atoms with van der Waals surface area (Å²) in [5.41, 5.74) is -0.427. The van der Waals surface area contributed by atoms with Crippen molar-refractivity contribution in [2.75, 3.05) is 5.32 Å². The van der Waals surface area contributed by atoms with Gasteiger partial charge in [-0.05, 0) is 38.5 Å². The maximum Gasteiger partial charge on any atom is 0.329 e. The van der Waals surface area contributed by atoms with E-state index in [1.807, 2.05) is 6.92 Å². The van der Waals surface area contributed by atoms with E-state index in [4.69, 9.17) is 0 Å². The number of carbonyl (C=O) groups excluding carboxylic acids is 2. The normalized spacial score (nSPS) is 19.6. The van der Waals surface area contributed by atoms with Crippen molar-refractivity contribution in [1.82, 2.24) is 5.32 Å². The Balaban J connectivity index is 2.24. The van der Waals surface area contributed by atoms with Gasteiger partial charge < -0.3 is 15.7 Å². The number of aliphatic carboxylic acids is 1. The molecule has 0 fully saturated rings. The molecule has 1 aliphatic heterocycles. The number of benzene rings is 1. The molecule has 2 atom stereocenters. The van der Waals surface area contributed by atoms with Gasteiger partial charge in [0, 0.05) is 10.5 Å². The Labute approximate surface area is 132 Å². The van der Waals surface area contributed by atoms with Crippen molar-refractivity contribution in [2.45, 2.75) is 42.9 Å². The molecule has 0 saturated carbocycles. The van der Waals surface area contributed by atoms with E-state index >= 15 is 0 Å². The number of amides is 2. The van der Waals surface area contributed by atoms with Gasteiger partial charge in [-0.15, -0.1) is 11.8 Å². The number of fused-ring (bicyclic) bond motifs is 1. The van der Waals surface area contributed by atoms with Crippen molar-refractivity contribution in [3.63, 3.8) is 0 Å². The predicted octanol–water partition coefficient (Wildman–Crippen LogP) is 2.10. The van der Waals surface area contributed by atoms with E-state index in [0.717, 1.165) is 4.90 Å². The molecule has 6 nitrogen and oxygen atoms in total. The van der Waals surface area contributed by atoms with E-state index in [1.165, 1.54) is 18.7 Å². The third-order valence-electron chi connectivity index (χ3n) is 3.74. The fourth-order valence-corrected chi connectivity index (χ4v) is 2.90. The molecular formula is C15H18N2O4S. The molecule has 1 heterocycles. The Hall–Kier alpha value is -2.02. The summed E-state index contributed by atoms with van der Waals surface area (Å²) in [5.74, 6) is -1.68. The van der Waals surface area contributed by atoms with Crippen LogP contribution >= 0.6 is 11.8 Å². The summed E-state index contributed by atoms with van der Waals surface area (Å²) in [6.07, 6.45) is 0.267. The van der Waals surface area contributed by atoms with Crippen molar-refractivity contribution < 1.29 is 19.5 Å². The molecule has 3 N–H and O–H groups in total. The van der Waals surface area contributed by atoms with E-state index in [-0.39, 0.29) is 17.6 Å². The Morgan fingerprint density at radius 1 is 1.45 bits per heavy atom. The molecule has 22 heavy (non-hydrogen) atoms. The highest BCUT2D eigenvalue weighted by Gasteiger charge is 2.33. The molecule has 0 aliphatic carbocycles. The highest BCUT2D eigenvalue weighted by atomic mass is 32.2. The second-order valence-corrected chi connectivity index (χ2v) is 6.79. The van der Waals surface area contributed by atoms with Gasteiger partial charge in [0.2, 0.25) is 5.91 Å². The first-order valence-electron chi connectivity index (χ1n) is 6.94. The lowest BCUT2D eigenvalue weighted by atomic mass is 9.98. The van der Waals surface area contributed by atoms with Gasteiger partial charge in [-0.3, -0.25) is 9.59 Å². The molecule has 118 valence electrons. The van der Waals surface area contributed by atoms with Gasteiger partial charge in [0.15, 0.2) is 0 Å². The predicted molar refractivity (Wildman–Crippen MR) is 84.2 cm³/mol. The minimum atomic E-state index is -1.32. The van der Waals surface area contributed by atoms with Crippen LogP contribution in [0.25, 0.3) is 0 Å². The molecule has 0 aromatic heterocycles. The molecule has 0 radical (unpaired) electrons. The highest BCUT2D eigenvalue weighted by molar-refractivity contribution is 8.00. The number of thioether (sulfide) groups is 1. The van der Waals surface area contributed by atoms with Crippen LogP contribution in [0, 0.1) is 0 Å². The van der Waals surface area contributed by atoms with Gasteiger partial charge in [-0.1, -0.05) is 6.92 Å². The number of nitrogens with one attached hydrogen (secondary N) is 2. The molecule has 2 rings (SSSR count). The van der Waals surface area contributed by atoms with E-state index in [1.54, 1.807) is 25.1 Å². The minimum absolute atomic E-state index is 0.112. The molecule has 0 saturated heterocycles. The van der Waals surface area contributed by atoms with Crippen LogP contribution in [-0.4, -0.2) is 33.7 Å². The van der Waals surface area contributed by atoms with Crippen molar-refractivity contribution in [3.05, 3.63) is 23.8 Å². The lowest BCUT2D eigenvalue weighted by Gasteiger charge is -2.25. The first kappa shape index (κ1) is 16.4. The summed E-state index contributed by atoms with van der Waals surface area (Å²) >= 11 is 1.43. The van der Waals surface area contributed by atoms with Gasteiger partial charge in [-0.2, -0.15) is 0 Å². The molecule has 0 bridgehead atoms. The second kappa shape index (κ2) is 6.00. The lowest BCUT2D eigenvalue weighted by molar-refractivity contribution is -0.143. The number of hydrogen-bond acceptors (Lipinski definition) is 4. The van der Waals surface area contributed by atoms with Gasteiger partial charge in [0.1, 0.15) is 5.54 Å². The van der Waals surface area contributed by atoms with Crippen LogP contribution in [0.1, 0.15) is 37.6 Å². The average Bonchev–Trinajstić information content (AvgIpc) is 2.47. The third-order valence-corrected chi connectivity index (χ3v) is 4.92. The largest absolute Gasteiger partial charge is 0.480 e. The summed E-state index contributed by atoms with van der Waals surface area (Å²) in [6.45, 7) is 4.97. The Bertz CT molecular complexity index is 646. The molecule has 1 aliphatic rings. The minimum Gasteiger partial charge on any atom is -0.480 e. The van der Waals surface area contributed by atoms with Gasteiger partial charge >= 0.3 is 5.97 Å². The first-order chi connectivity index (χ1) is 10.3. The van der Waals surface area contributed by atoms with Crippen molar-refractivity contribution in [1.29, 1.82) is 0 Å². The smallest absolute Gasteiger partial charge is 0.329 e. The summed E-state index contributed by atoms with van der Waals surface area (Å²) in [5, 5.41) is 14.3. The first-order valence-corrected chi connectivity index (χ1v) is 7.82. The van der Waals surface area contributed by atoms with Gasteiger partial charge in [0.25, 0.3) is 5.91 Å². The van der Waals surface area contributed by atoms with Gasteiger partial charge in [-0.25, -0.2) is 4.79 Å². The fourth-order valence-electron chi connectivity index (χ4n) is 1.97. The highest BCUT2D eigenvalue weighted by Crippen LogP contribution is 2.35. The standard InChI is InChI=1S/C15H18N2O4S/c1-4-15(3,14(20)21)17-13(19)9-5-6-11-10(7-9)16-12(18)8(2)22-11/h5-8H,4H2,1-3H3,(H,16,18)(H,17,19)(H,20,21). The second-order valence-electron chi connectivity index (χ2n) is 5.41. The topological polar surface area (TPSA) is 95.5 Å². The van der Waals surface area contributed by atoms with Crippen LogP contribution in [0.3, 0.4) is 0 Å². The van der Waals surface area contributed by atoms with Crippen LogP contribution in [-0.2, 0) is 9.59 Å². The summed E-state index contributed by atoms with van der Waals surface area (Å²) in [6, 6.07) is 4.96. The molecule has 7 heteroatoms. The van der Waals surface area contributed by atoms with Gasteiger partial charge in [0.05, 0.1) is 10.9 Å². The number of carboxylic acid groups (broad SMARTS) is 1. The molecule has 1 aromatic carbocycles. The van der Waals surface area contributed by atoms with Crippen molar-refractivity contribution >= 4 is 35.2 Å². The summed E-state index contributed by atoms with van der Waals surface area (Å²) < 4.78 is 0. The zero-order valence-electron chi connectivity index (χ0n) is 12.6. The van der Waals surface area contributed by atoms with E-state index < -0.39 is 17.4 Å². The molecule has 0 spiro atoms. The average molecular weight is 322 g/mol. The quantitative estimate of drug-likeness (QED) is 0.789. The maximum atomic E-state index is 12.3.